The van der Waals surface area contributed by atoms with Crippen LogP contribution in [0.3, 0.4) is 0 Å². The van der Waals surface area contributed by atoms with Crippen molar-refractivity contribution >= 4 is 0 Å². The summed E-state index contributed by atoms with van der Waals surface area (Å²) in [5, 5.41) is 17.3. The second kappa shape index (κ2) is 5.73. The fourth-order valence-corrected chi connectivity index (χ4v) is 1.97. The molecule has 0 aliphatic heterocycles. The molecule has 0 bridgehead atoms. The van der Waals surface area contributed by atoms with E-state index in [9.17, 15) is 5.11 Å². The highest BCUT2D eigenvalue weighted by Crippen LogP contribution is 2.25. The molecule has 0 saturated carbocycles. The van der Waals surface area contributed by atoms with Crippen molar-refractivity contribution in [2.75, 3.05) is 6.61 Å². The van der Waals surface area contributed by atoms with Crippen molar-refractivity contribution in [2.24, 2.45) is 5.73 Å². The lowest BCUT2D eigenvalue weighted by Crippen LogP contribution is -2.43. The summed E-state index contributed by atoms with van der Waals surface area (Å²) < 4.78 is 5.70. The van der Waals surface area contributed by atoms with E-state index < -0.39 is 11.5 Å². The Labute approximate surface area is 118 Å². The van der Waals surface area contributed by atoms with Crippen molar-refractivity contribution < 1.29 is 9.52 Å². The number of benzene rings is 1. The summed E-state index contributed by atoms with van der Waals surface area (Å²) >= 11 is 0. The molecule has 108 valence electrons. The van der Waals surface area contributed by atoms with Gasteiger partial charge < -0.3 is 15.3 Å². The maximum atomic E-state index is 9.19. The third kappa shape index (κ3) is 3.05. The minimum Gasteiger partial charge on any atom is -0.424 e. The van der Waals surface area contributed by atoms with Crippen LogP contribution in [0.15, 0.2) is 28.7 Å². The van der Waals surface area contributed by atoms with Gasteiger partial charge in [0.1, 0.15) is 0 Å². The fraction of sp³-hybridized carbons (Fsp3) is 0.467. The summed E-state index contributed by atoms with van der Waals surface area (Å²) in [6.45, 7) is 5.70. The second-order valence-electron chi connectivity index (χ2n) is 5.68. The Balaban J connectivity index is 2.17. The van der Waals surface area contributed by atoms with Crippen molar-refractivity contribution in [1.82, 2.24) is 10.2 Å². The summed E-state index contributed by atoms with van der Waals surface area (Å²) in [5.74, 6) is 1.02. The molecule has 0 aliphatic rings. The van der Waals surface area contributed by atoms with Gasteiger partial charge in [0.05, 0.1) is 18.4 Å². The number of hydrogen-bond acceptors (Lipinski definition) is 5. The number of nitrogens with zero attached hydrogens (tertiary/aromatic N) is 2. The number of aryl methyl sites for hydroxylation is 1. The molecule has 1 heterocycles. The van der Waals surface area contributed by atoms with Crippen LogP contribution in [0.5, 0.6) is 0 Å². The van der Waals surface area contributed by atoms with Crippen molar-refractivity contribution in [3.8, 4) is 0 Å². The highest BCUT2D eigenvalue weighted by atomic mass is 16.4. The van der Waals surface area contributed by atoms with E-state index in [1.165, 1.54) is 5.56 Å². The number of hydrogen-bond donors (Lipinski definition) is 2. The molecule has 1 aromatic carbocycles. The van der Waals surface area contributed by atoms with Crippen LogP contribution in [0.4, 0.5) is 0 Å². The van der Waals surface area contributed by atoms with E-state index in [1.54, 1.807) is 0 Å². The smallest absolute Gasteiger partial charge is 0.223 e. The maximum absolute atomic E-state index is 9.19. The minimum absolute atomic E-state index is 0.122. The number of aliphatic hydroxyl groups excluding tert-OH is 1. The van der Waals surface area contributed by atoms with E-state index in [0.29, 0.717) is 18.2 Å². The van der Waals surface area contributed by atoms with E-state index in [-0.39, 0.29) is 6.61 Å². The topological polar surface area (TPSA) is 85.2 Å². The Kier molecular flexibility index (Phi) is 4.20. The van der Waals surface area contributed by atoms with E-state index in [1.807, 2.05) is 39.0 Å². The van der Waals surface area contributed by atoms with E-state index in [4.69, 9.17) is 10.2 Å². The van der Waals surface area contributed by atoms with Crippen LogP contribution in [0.25, 0.3) is 0 Å². The van der Waals surface area contributed by atoms with Crippen molar-refractivity contribution in [3.05, 3.63) is 47.2 Å². The monoisotopic (exact) mass is 275 g/mol. The Bertz CT molecular complexity index is 578. The third-order valence-electron chi connectivity index (χ3n) is 3.58. The quantitative estimate of drug-likeness (QED) is 0.865. The lowest BCUT2D eigenvalue weighted by molar-refractivity contribution is 0.199. The zero-order valence-electron chi connectivity index (χ0n) is 12.1. The first kappa shape index (κ1) is 14.7. The average Bonchev–Trinajstić information content (AvgIpc) is 2.87. The van der Waals surface area contributed by atoms with Crippen LogP contribution in [0.1, 0.15) is 36.8 Å². The van der Waals surface area contributed by atoms with Gasteiger partial charge in [-0.25, -0.2) is 0 Å². The Hall–Kier alpha value is -1.72. The van der Waals surface area contributed by atoms with Gasteiger partial charge in [0.15, 0.2) is 0 Å². The zero-order valence-corrected chi connectivity index (χ0v) is 12.1. The average molecular weight is 275 g/mol. The van der Waals surface area contributed by atoms with Crippen molar-refractivity contribution in [3.63, 3.8) is 0 Å². The maximum Gasteiger partial charge on any atom is 0.223 e. The first-order chi connectivity index (χ1) is 9.43. The van der Waals surface area contributed by atoms with Gasteiger partial charge in [-0.15, -0.1) is 10.2 Å². The zero-order chi connectivity index (χ0) is 14.8. The normalized spacial score (nSPS) is 13.4. The molecule has 0 fully saturated rings. The molecular formula is C15H21N3O2. The van der Waals surface area contributed by atoms with Crippen LogP contribution >= 0.6 is 0 Å². The van der Waals surface area contributed by atoms with Crippen LogP contribution in [-0.4, -0.2) is 28.0 Å². The lowest BCUT2D eigenvalue weighted by atomic mass is 9.85. The minimum atomic E-state index is -0.549. The number of rotatable bonds is 5. The summed E-state index contributed by atoms with van der Waals surface area (Å²) in [7, 11) is 0. The Morgan fingerprint density at radius 3 is 2.75 bits per heavy atom. The molecule has 1 aromatic heterocycles. The number of aromatic nitrogens is 2. The second-order valence-corrected chi connectivity index (χ2v) is 5.68. The van der Waals surface area contributed by atoms with Crippen molar-refractivity contribution in [1.29, 1.82) is 0 Å². The fourth-order valence-electron chi connectivity index (χ4n) is 1.97. The van der Waals surface area contributed by atoms with Gasteiger partial charge in [-0.05, 0) is 26.3 Å². The van der Waals surface area contributed by atoms with Crippen LogP contribution < -0.4 is 5.73 Å². The summed E-state index contributed by atoms with van der Waals surface area (Å²) in [6.07, 6.45) is 0.596. The number of nitrogens with two attached hydrogens (primary N) is 1. The lowest BCUT2D eigenvalue weighted by Gasteiger charge is -2.25. The largest absolute Gasteiger partial charge is 0.424 e. The van der Waals surface area contributed by atoms with E-state index in [0.717, 1.165) is 5.56 Å². The molecule has 2 aromatic rings. The highest BCUT2D eigenvalue weighted by molar-refractivity contribution is 5.24. The first-order valence-corrected chi connectivity index (χ1v) is 6.68. The predicted octanol–water partition coefficient (Wildman–Crippen LogP) is 1.57. The van der Waals surface area contributed by atoms with Crippen molar-refractivity contribution in [2.45, 2.75) is 38.6 Å². The summed E-state index contributed by atoms with van der Waals surface area (Å²) in [5.41, 5.74) is 7.67. The molecule has 1 unspecified atom stereocenters. The third-order valence-corrected chi connectivity index (χ3v) is 3.58. The molecule has 0 spiro atoms. The highest BCUT2D eigenvalue weighted by Gasteiger charge is 2.33. The van der Waals surface area contributed by atoms with E-state index >= 15 is 0 Å². The predicted molar refractivity (Wildman–Crippen MR) is 76.4 cm³/mol. The summed E-state index contributed by atoms with van der Waals surface area (Å²) in [6, 6.07) is 7.74. The Morgan fingerprint density at radius 1 is 1.35 bits per heavy atom. The standard InChI is InChI=1S/C15H21N3O2/c1-10-5-4-6-11(7-10)8-13-17-18-14(20-13)15(2,3)12(16)9-19/h4-7,12,19H,8-9,16H2,1-3H3. The molecule has 5 heteroatoms. The van der Waals surface area contributed by atoms with Gasteiger partial charge in [-0.1, -0.05) is 29.8 Å². The molecule has 5 nitrogen and oxygen atoms in total. The SMILES string of the molecule is Cc1cccc(Cc2nnc(C(C)(C)C(N)CO)o2)c1. The van der Waals surface area contributed by atoms with Gasteiger partial charge in [-0.3, -0.25) is 0 Å². The van der Waals surface area contributed by atoms with Gasteiger partial charge in [0.25, 0.3) is 0 Å². The molecule has 2 rings (SSSR count). The Morgan fingerprint density at radius 2 is 2.10 bits per heavy atom. The first-order valence-electron chi connectivity index (χ1n) is 6.68. The molecule has 0 aliphatic carbocycles. The van der Waals surface area contributed by atoms with Crippen LogP contribution in [-0.2, 0) is 11.8 Å². The molecular weight excluding hydrogens is 254 g/mol. The van der Waals surface area contributed by atoms with Gasteiger partial charge in [0, 0.05) is 6.04 Å². The molecule has 1 atom stereocenters. The molecule has 0 saturated heterocycles. The number of aliphatic hydroxyl groups is 1. The van der Waals surface area contributed by atoms with Gasteiger partial charge in [0.2, 0.25) is 11.8 Å². The molecule has 20 heavy (non-hydrogen) atoms. The van der Waals surface area contributed by atoms with Gasteiger partial charge in [-0.2, -0.15) is 0 Å². The molecule has 0 amide bonds. The molecule has 3 N–H and O–H groups in total. The van der Waals surface area contributed by atoms with Crippen LogP contribution in [0, 0.1) is 6.92 Å². The van der Waals surface area contributed by atoms with Crippen LogP contribution in [0.2, 0.25) is 0 Å². The summed E-state index contributed by atoms with van der Waals surface area (Å²) in [4.78, 5) is 0. The van der Waals surface area contributed by atoms with Gasteiger partial charge >= 0.3 is 0 Å². The molecule has 0 radical (unpaired) electrons. The van der Waals surface area contributed by atoms with E-state index in [2.05, 4.69) is 16.3 Å².